The van der Waals surface area contributed by atoms with Gasteiger partial charge in [0.2, 0.25) is 0 Å². The Balaban J connectivity index is 0.00000353. The molecule has 39 heavy (non-hydrogen) atoms. The number of ether oxygens (including phenoxy) is 2. The van der Waals surface area contributed by atoms with Crippen molar-refractivity contribution in [2.45, 2.75) is 12.3 Å². The Morgan fingerprint density at radius 2 is 1.77 bits per heavy atom. The second-order valence-corrected chi connectivity index (χ2v) is 10.1. The van der Waals surface area contributed by atoms with Crippen molar-refractivity contribution in [3.63, 3.8) is 0 Å². The molecule has 1 aliphatic heterocycles. The quantitative estimate of drug-likeness (QED) is 0.326. The number of nitrogens with zero attached hydrogens (tertiary/aromatic N) is 1. The second kappa shape index (κ2) is 12.7. The number of aromatic nitrogens is 1. The molecular weight excluding hydrogens is 618 g/mol. The minimum absolute atomic E-state index is 0. The Kier molecular flexibility index (Phi) is 9.59. The van der Waals surface area contributed by atoms with Crippen LogP contribution in [0.15, 0.2) is 77.3 Å². The molecule has 0 saturated heterocycles. The van der Waals surface area contributed by atoms with Crippen LogP contribution in [0.5, 0.6) is 17.2 Å². The molecule has 3 aromatic carbocycles. The van der Waals surface area contributed by atoms with E-state index >= 15 is 0 Å². The first-order chi connectivity index (χ1) is 18.3. The van der Waals surface area contributed by atoms with Gasteiger partial charge in [-0.1, -0.05) is 41.4 Å². The van der Waals surface area contributed by atoms with Gasteiger partial charge < -0.3 is 24.7 Å². The average molecular weight is 636 g/mol. The summed E-state index contributed by atoms with van der Waals surface area (Å²) < 4.78 is 12.0. The number of aliphatic carboxylic acids is 1. The van der Waals surface area contributed by atoms with Gasteiger partial charge in [-0.2, -0.15) is 0 Å². The van der Waals surface area contributed by atoms with Gasteiger partial charge in [0.25, 0.3) is 5.91 Å². The van der Waals surface area contributed by atoms with E-state index in [1.165, 1.54) is 6.07 Å². The van der Waals surface area contributed by atoms with Crippen LogP contribution in [-0.2, 0) is 4.79 Å². The zero-order valence-electron chi connectivity index (χ0n) is 20.5. The Morgan fingerprint density at radius 1 is 1.05 bits per heavy atom. The summed E-state index contributed by atoms with van der Waals surface area (Å²) in [6.07, 6.45) is 0.294. The predicted molar refractivity (Wildman–Crippen MR) is 146 cm³/mol. The molecule has 0 bridgehead atoms. The number of carboxylic acids is 1. The number of carboxylic acid groups (broad SMARTS) is 1. The van der Waals surface area contributed by atoms with E-state index in [0.29, 0.717) is 50.1 Å². The van der Waals surface area contributed by atoms with Gasteiger partial charge in [0.15, 0.2) is 5.75 Å². The number of pyridine rings is 1. The van der Waals surface area contributed by atoms with Crippen LogP contribution in [0, 0.1) is 0 Å². The van der Waals surface area contributed by atoms with Gasteiger partial charge in [-0.05, 0) is 76.9 Å². The molecule has 1 unspecified atom stereocenters. The number of benzene rings is 3. The van der Waals surface area contributed by atoms with E-state index < -0.39 is 11.9 Å². The van der Waals surface area contributed by atoms with Crippen molar-refractivity contribution in [3.05, 3.63) is 98.4 Å². The van der Waals surface area contributed by atoms with Crippen LogP contribution in [0.3, 0.4) is 0 Å². The number of amides is 1. The van der Waals surface area contributed by atoms with Gasteiger partial charge >= 0.3 is 29.6 Å². The minimum Gasteiger partial charge on any atom is -0.549 e. The maximum Gasteiger partial charge on any atom is 1.00 e. The molecule has 1 aromatic heterocycles. The molecule has 192 valence electrons. The maximum absolute atomic E-state index is 12.8. The van der Waals surface area contributed by atoms with E-state index in [4.69, 9.17) is 32.7 Å². The first-order valence-electron chi connectivity index (χ1n) is 11.5. The summed E-state index contributed by atoms with van der Waals surface area (Å²) in [4.78, 5) is 28.8. The van der Waals surface area contributed by atoms with Gasteiger partial charge in [-0.25, -0.2) is 4.98 Å². The van der Waals surface area contributed by atoms with Crippen molar-refractivity contribution in [3.8, 4) is 28.5 Å². The van der Waals surface area contributed by atoms with Crippen molar-refractivity contribution < 1.29 is 53.7 Å². The van der Waals surface area contributed by atoms with Gasteiger partial charge in [-0.3, -0.25) is 4.79 Å². The fourth-order valence-electron chi connectivity index (χ4n) is 4.05. The zero-order valence-corrected chi connectivity index (χ0v) is 25.6. The van der Waals surface area contributed by atoms with Gasteiger partial charge in [0, 0.05) is 33.6 Å². The number of hydrogen-bond donors (Lipinski definition) is 1. The van der Waals surface area contributed by atoms with Crippen LogP contribution >= 0.6 is 39.1 Å². The number of carbonyl (C=O) groups is 2. The number of nitrogens with one attached hydrogen (secondary N) is 1. The molecule has 2 heterocycles. The van der Waals surface area contributed by atoms with Crippen molar-refractivity contribution in [1.82, 2.24) is 4.98 Å². The van der Waals surface area contributed by atoms with Crippen LogP contribution in [0.1, 0.15) is 28.3 Å². The van der Waals surface area contributed by atoms with Crippen molar-refractivity contribution in [2.24, 2.45) is 0 Å². The van der Waals surface area contributed by atoms with Gasteiger partial charge in [-0.15, -0.1) is 0 Å². The average Bonchev–Trinajstić information content (AvgIpc) is 2.91. The number of carbonyl (C=O) groups excluding carboxylic acids is 2. The zero-order chi connectivity index (χ0) is 26.8. The third-order valence-corrected chi connectivity index (χ3v) is 7.19. The van der Waals surface area contributed by atoms with E-state index in [-0.39, 0.29) is 52.8 Å². The molecule has 0 fully saturated rings. The predicted octanol–water partition coefficient (Wildman–Crippen LogP) is 3.48. The Hall–Kier alpha value is -2.59. The first-order valence-corrected chi connectivity index (χ1v) is 13.0. The van der Waals surface area contributed by atoms with E-state index in [2.05, 4.69) is 26.2 Å². The number of anilines is 1. The summed E-state index contributed by atoms with van der Waals surface area (Å²) in [5.41, 5.74) is 2.40. The molecule has 1 N–H and O–H groups in total. The Bertz CT molecular complexity index is 1530. The molecule has 5 rings (SSSR count). The normalized spacial score (nSPS) is 13.9. The second-order valence-electron chi connectivity index (χ2n) is 8.42. The first kappa shape index (κ1) is 29.4. The SMILES string of the molecule is O=C(Nc1cccc(-c2ccc(Cl)cc2)n1)c1ccc(Oc2c(Cl)cc3c(c2Br)OCCC3C(=O)[O-])cc1.[Na+]. The van der Waals surface area contributed by atoms with Crippen LogP contribution in [0.4, 0.5) is 5.82 Å². The van der Waals surface area contributed by atoms with Gasteiger partial charge in [0.1, 0.15) is 21.8 Å². The van der Waals surface area contributed by atoms with E-state index in [9.17, 15) is 14.7 Å². The molecule has 0 aliphatic carbocycles. The van der Waals surface area contributed by atoms with Crippen LogP contribution in [0.2, 0.25) is 10.0 Å². The molecule has 0 spiro atoms. The van der Waals surface area contributed by atoms with E-state index in [1.807, 2.05) is 24.3 Å². The molecule has 1 amide bonds. The smallest absolute Gasteiger partial charge is 0.549 e. The fraction of sp³-hybridized carbons (Fsp3) is 0.107. The molecule has 1 atom stereocenters. The fourth-order valence-corrected chi connectivity index (χ4v) is 5.18. The standard InChI is InChI=1S/C28H19BrCl2N2O5.Na/c29-24-25-20(19(28(35)36)12-13-37-25)14-21(31)26(24)38-18-10-6-16(7-11-18)27(34)33-23-3-1-2-22(32-23)15-4-8-17(30)9-5-15;/h1-11,14,19H,12-13H2,(H,35,36)(H,32,33,34);/q;+1/p-1. The molecular formula is C28H18BrCl2N2NaO5. The minimum atomic E-state index is -1.19. The summed E-state index contributed by atoms with van der Waals surface area (Å²) >= 11 is 15.8. The van der Waals surface area contributed by atoms with Crippen molar-refractivity contribution in [1.29, 1.82) is 0 Å². The van der Waals surface area contributed by atoms with Crippen LogP contribution < -0.4 is 49.5 Å². The summed E-state index contributed by atoms with van der Waals surface area (Å²) in [5, 5.41) is 15.2. The molecule has 7 nitrogen and oxygen atoms in total. The van der Waals surface area contributed by atoms with Crippen LogP contribution in [0.25, 0.3) is 11.3 Å². The van der Waals surface area contributed by atoms with Crippen molar-refractivity contribution >= 4 is 56.8 Å². The van der Waals surface area contributed by atoms with E-state index in [1.54, 1.807) is 42.5 Å². The molecule has 11 heteroatoms. The summed E-state index contributed by atoms with van der Waals surface area (Å²) in [6.45, 7) is 0.229. The molecule has 4 aromatic rings. The molecule has 0 saturated carbocycles. The number of fused-ring (bicyclic) bond motifs is 1. The third kappa shape index (κ3) is 6.60. The molecule has 1 aliphatic rings. The topological polar surface area (TPSA) is 101 Å². The summed E-state index contributed by atoms with van der Waals surface area (Å²) in [5.74, 6) is -0.902. The van der Waals surface area contributed by atoms with Crippen molar-refractivity contribution in [2.75, 3.05) is 11.9 Å². The summed E-state index contributed by atoms with van der Waals surface area (Å²) in [7, 11) is 0. The Morgan fingerprint density at radius 3 is 2.46 bits per heavy atom. The number of rotatable bonds is 6. The monoisotopic (exact) mass is 634 g/mol. The molecule has 0 radical (unpaired) electrons. The Labute approximate surface area is 264 Å². The van der Waals surface area contributed by atoms with Gasteiger partial charge in [0.05, 0.1) is 17.3 Å². The van der Waals surface area contributed by atoms with Crippen LogP contribution in [-0.4, -0.2) is 23.5 Å². The number of halogens is 3. The summed E-state index contributed by atoms with van der Waals surface area (Å²) in [6, 6.07) is 20.6. The number of hydrogen-bond acceptors (Lipinski definition) is 6. The largest absolute Gasteiger partial charge is 1.00 e. The van der Waals surface area contributed by atoms with E-state index in [0.717, 1.165) is 5.56 Å². The third-order valence-electron chi connectivity index (χ3n) is 5.94. The maximum atomic E-state index is 12.8.